The largest absolute Gasteiger partial charge is 0.319 e. The molecule has 0 amide bonds. The summed E-state index contributed by atoms with van der Waals surface area (Å²) in [6.45, 7) is 3.51. The molecule has 2 aliphatic rings. The Bertz CT molecular complexity index is 252. The number of rotatable bonds is 3. The maximum absolute atomic E-state index is 3.24. The first kappa shape index (κ1) is 9.97. The number of allylic oxidation sites excluding steroid dienone is 3. The second-order valence-electron chi connectivity index (χ2n) is 4.83. The van der Waals surface area contributed by atoms with Gasteiger partial charge in [0, 0.05) is 0 Å². The van der Waals surface area contributed by atoms with E-state index in [4.69, 9.17) is 0 Å². The molecule has 1 nitrogen and oxygen atoms in total. The fraction of sp³-hybridized carbons (Fsp3) is 0.692. The lowest BCUT2D eigenvalue weighted by molar-refractivity contribution is 0.500. The van der Waals surface area contributed by atoms with E-state index in [-0.39, 0.29) is 0 Å². The van der Waals surface area contributed by atoms with Gasteiger partial charge in [-0.05, 0) is 50.6 Å². The summed E-state index contributed by atoms with van der Waals surface area (Å²) in [7, 11) is 2.04. The highest BCUT2D eigenvalue weighted by molar-refractivity contribution is 5.25. The lowest BCUT2D eigenvalue weighted by atomic mass is 9.83. The minimum atomic E-state index is 0.849. The molecule has 2 rings (SSSR count). The molecule has 3 unspecified atom stereocenters. The van der Waals surface area contributed by atoms with Gasteiger partial charge in [-0.15, -0.1) is 0 Å². The van der Waals surface area contributed by atoms with Crippen molar-refractivity contribution in [3.63, 3.8) is 0 Å². The summed E-state index contributed by atoms with van der Waals surface area (Å²) in [5, 5.41) is 3.24. The molecular formula is C13H21N. The summed E-state index contributed by atoms with van der Waals surface area (Å²) in [5.74, 6) is 2.64. The van der Waals surface area contributed by atoms with E-state index in [0.29, 0.717) is 0 Å². The molecule has 1 heteroatoms. The maximum Gasteiger partial charge on any atom is -0.00144 e. The highest BCUT2D eigenvalue weighted by Crippen LogP contribution is 2.43. The first-order valence-corrected chi connectivity index (χ1v) is 5.83. The fourth-order valence-corrected chi connectivity index (χ4v) is 2.96. The topological polar surface area (TPSA) is 12.0 Å². The van der Waals surface area contributed by atoms with Crippen molar-refractivity contribution in [2.45, 2.75) is 26.2 Å². The quantitative estimate of drug-likeness (QED) is 0.723. The van der Waals surface area contributed by atoms with Crippen LogP contribution >= 0.6 is 0 Å². The molecule has 0 spiro atoms. The van der Waals surface area contributed by atoms with Gasteiger partial charge in [0.25, 0.3) is 0 Å². The molecule has 1 fully saturated rings. The smallest absolute Gasteiger partial charge is 0.00144 e. The molecule has 14 heavy (non-hydrogen) atoms. The summed E-state index contributed by atoms with van der Waals surface area (Å²) >= 11 is 0. The molecule has 0 aromatic rings. The van der Waals surface area contributed by atoms with Crippen molar-refractivity contribution >= 4 is 0 Å². The van der Waals surface area contributed by atoms with Crippen molar-refractivity contribution in [3.05, 3.63) is 23.8 Å². The molecule has 0 saturated heterocycles. The molecule has 0 aromatic heterocycles. The Labute approximate surface area is 87.3 Å². The average Bonchev–Trinajstić information content (AvgIpc) is 2.55. The van der Waals surface area contributed by atoms with E-state index in [0.717, 1.165) is 24.3 Å². The van der Waals surface area contributed by atoms with E-state index >= 15 is 0 Å². The SMILES string of the molecule is CNCCC1=CC=CC2CC(C)CC12. The van der Waals surface area contributed by atoms with Crippen LogP contribution in [0.2, 0.25) is 0 Å². The van der Waals surface area contributed by atoms with Gasteiger partial charge in [-0.1, -0.05) is 30.7 Å². The third-order valence-corrected chi connectivity index (χ3v) is 3.66. The Hall–Kier alpha value is -0.560. The van der Waals surface area contributed by atoms with Crippen LogP contribution in [0.3, 0.4) is 0 Å². The molecule has 0 bridgehead atoms. The predicted octanol–water partition coefficient (Wildman–Crippen LogP) is 2.75. The molecule has 0 radical (unpaired) electrons. The van der Waals surface area contributed by atoms with Gasteiger partial charge in [0.05, 0.1) is 0 Å². The number of hydrogen-bond donors (Lipinski definition) is 1. The zero-order valence-electron chi connectivity index (χ0n) is 9.29. The molecule has 0 aliphatic heterocycles. The molecule has 2 aliphatic carbocycles. The Kier molecular flexibility index (Phi) is 3.07. The summed E-state index contributed by atoms with van der Waals surface area (Å²) in [6.07, 6.45) is 11.1. The van der Waals surface area contributed by atoms with Crippen LogP contribution in [0.15, 0.2) is 23.8 Å². The highest BCUT2D eigenvalue weighted by atomic mass is 14.8. The molecule has 0 aromatic carbocycles. The number of hydrogen-bond acceptors (Lipinski definition) is 1. The van der Waals surface area contributed by atoms with Gasteiger partial charge >= 0.3 is 0 Å². The van der Waals surface area contributed by atoms with E-state index in [9.17, 15) is 0 Å². The van der Waals surface area contributed by atoms with Gasteiger partial charge < -0.3 is 5.32 Å². The van der Waals surface area contributed by atoms with Crippen molar-refractivity contribution in [3.8, 4) is 0 Å². The second kappa shape index (κ2) is 4.31. The van der Waals surface area contributed by atoms with E-state index in [1.807, 2.05) is 7.05 Å². The number of fused-ring (bicyclic) bond motifs is 1. The Morgan fingerprint density at radius 2 is 2.29 bits per heavy atom. The van der Waals surface area contributed by atoms with E-state index < -0.39 is 0 Å². The van der Waals surface area contributed by atoms with E-state index in [2.05, 4.69) is 30.5 Å². The highest BCUT2D eigenvalue weighted by Gasteiger charge is 2.33. The fourth-order valence-electron chi connectivity index (χ4n) is 2.96. The lowest BCUT2D eigenvalue weighted by Gasteiger charge is -2.23. The Morgan fingerprint density at radius 3 is 3.07 bits per heavy atom. The average molecular weight is 191 g/mol. The zero-order valence-corrected chi connectivity index (χ0v) is 9.29. The van der Waals surface area contributed by atoms with Crippen LogP contribution in [0.25, 0.3) is 0 Å². The van der Waals surface area contributed by atoms with Gasteiger partial charge in [0.1, 0.15) is 0 Å². The molecule has 0 heterocycles. The summed E-state index contributed by atoms with van der Waals surface area (Å²) in [6, 6.07) is 0. The van der Waals surface area contributed by atoms with Crippen molar-refractivity contribution in [2.75, 3.05) is 13.6 Å². The predicted molar refractivity (Wildman–Crippen MR) is 61.1 cm³/mol. The third-order valence-electron chi connectivity index (χ3n) is 3.66. The van der Waals surface area contributed by atoms with Crippen molar-refractivity contribution in [1.82, 2.24) is 5.32 Å². The molecule has 3 atom stereocenters. The van der Waals surface area contributed by atoms with Crippen LogP contribution in [-0.4, -0.2) is 13.6 Å². The number of nitrogens with one attached hydrogen (secondary N) is 1. The summed E-state index contributed by atoms with van der Waals surface area (Å²) in [4.78, 5) is 0. The van der Waals surface area contributed by atoms with Gasteiger partial charge in [-0.3, -0.25) is 0 Å². The van der Waals surface area contributed by atoms with Crippen LogP contribution < -0.4 is 5.32 Å². The van der Waals surface area contributed by atoms with Gasteiger partial charge in [0.2, 0.25) is 0 Å². The van der Waals surface area contributed by atoms with Gasteiger partial charge in [-0.2, -0.15) is 0 Å². The first-order valence-electron chi connectivity index (χ1n) is 5.83. The van der Waals surface area contributed by atoms with Crippen LogP contribution in [0, 0.1) is 17.8 Å². The Morgan fingerprint density at radius 1 is 1.43 bits per heavy atom. The van der Waals surface area contributed by atoms with Crippen LogP contribution in [0.5, 0.6) is 0 Å². The minimum Gasteiger partial charge on any atom is -0.319 e. The molecule has 1 saturated carbocycles. The van der Waals surface area contributed by atoms with Gasteiger partial charge in [0.15, 0.2) is 0 Å². The monoisotopic (exact) mass is 191 g/mol. The van der Waals surface area contributed by atoms with Crippen molar-refractivity contribution < 1.29 is 0 Å². The zero-order chi connectivity index (χ0) is 9.97. The van der Waals surface area contributed by atoms with Gasteiger partial charge in [-0.25, -0.2) is 0 Å². The first-order chi connectivity index (χ1) is 6.81. The van der Waals surface area contributed by atoms with Crippen LogP contribution in [0.1, 0.15) is 26.2 Å². The molecule has 78 valence electrons. The molecule has 1 N–H and O–H groups in total. The van der Waals surface area contributed by atoms with E-state index in [1.165, 1.54) is 19.3 Å². The molecular weight excluding hydrogens is 170 g/mol. The normalized spacial score (nSPS) is 35.6. The maximum atomic E-state index is 3.24. The summed E-state index contributed by atoms with van der Waals surface area (Å²) in [5.41, 5.74) is 1.68. The van der Waals surface area contributed by atoms with Crippen LogP contribution in [-0.2, 0) is 0 Å². The van der Waals surface area contributed by atoms with Crippen molar-refractivity contribution in [2.24, 2.45) is 17.8 Å². The van der Waals surface area contributed by atoms with Crippen LogP contribution in [0.4, 0.5) is 0 Å². The lowest BCUT2D eigenvalue weighted by Crippen LogP contribution is -2.16. The van der Waals surface area contributed by atoms with E-state index in [1.54, 1.807) is 5.57 Å². The standard InChI is InChI=1S/C13H21N/c1-10-8-12-5-3-4-11(6-7-14-2)13(12)9-10/h3-5,10,12-14H,6-9H2,1-2H3. The third kappa shape index (κ3) is 1.93. The second-order valence-corrected chi connectivity index (χ2v) is 4.83. The minimum absolute atomic E-state index is 0.849. The summed E-state index contributed by atoms with van der Waals surface area (Å²) < 4.78 is 0. The Balaban J connectivity index is 2.02. The van der Waals surface area contributed by atoms with Crippen molar-refractivity contribution in [1.29, 1.82) is 0 Å².